The first-order valence-electron chi connectivity index (χ1n) is 8.25. The molecule has 1 amide bonds. The quantitative estimate of drug-likeness (QED) is 0.499. The molecular weight excluding hydrogens is 391 g/mol. The summed E-state index contributed by atoms with van der Waals surface area (Å²) >= 11 is 17.2. The van der Waals surface area contributed by atoms with E-state index in [9.17, 15) is 4.79 Å². The van der Waals surface area contributed by atoms with Gasteiger partial charge in [-0.15, -0.1) is 0 Å². The summed E-state index contributed by atoms with van der Waals surface area (Å²) in [7, 11) is 0. The fourth-order valence-corrected chi connectivity index (χ4v) is 2.76. The highest BCUT2D eigenvalue weighted by atomic mass is 35.5. The number of rotatable bonds is 7. The minimum absolute atomic E-state index is 0.221. The van der Waals surface area contributed by atoms with Crippen LogP contribution in [0, 0.1) is 0 Å². The Labute approximate surface area is 168 Å². The normalized spacial score (nSPS) is 10.3. The SMILES string of the molecule is CCCCOc1cccc(C(=O)NC(=S)NCc2ccc(Cl)cc2Cl)c1. The van der Waals surface area contributed by atoms with Crippen molar-refractivity contribution in [3.63, 3.8) is 0 Å². The van der Waals surface area contributed by atoms with E-state index in [-0.39, 0.29) is 11.0 Å². The Morgan fingerprint density at radius 1 is 1.19 bits per heavy atom. The highest BCUT2D eigenvalue weighted by Gasteiger charge is 2.09. The van der Waals surface area contributed by atoms with Gasteiger partial charge in [-0.1, -0.05) is 48.7 Å². The van der Waals surface area contributed by atoms with Gasteiger partial charge < -0.3 is 10.1 Å². The van der Waals surface area contributed by atoms with Crippen molar-refractivity contribution in [3.8, 4) is 5.75 Å². The van der Waals surface area contributed by atoms with E-state index in [0.29, 0.717) is 34.5 Å². The van der Waals surface area contributed by atoms with E-state index in [0.717, 1.165) is 18.4 Å². The molecule has 0 aliphatic heterocycles. The van der Waals surface area contributed by atoms with Crippen molar-refractivity contribution >= 4 is 46.4 Å². The highest BCUT2D eigenvalue weighted by molar-refractivity contribution is 7.80. The summed E-state index contributed by atoms with van der Waals surface area (Å²) in [6.45, 7) is 3.11. The molecule has 2 aromatic rings. The summed E-state index contributed by atoms with van der Waals surface area (Å²) in [5, 5.41) is 6.93. The van der Waals surface area contributed by atoms with Gasteiger partial charge in [-0.2, -0.15) is 0 Å². The Hall–Kier alpha value is -1.82. The number of carbonyl (C=O) groups excluding carboxylic acids is 1. The average molecular weight is 411 g/mol. The maximum atomic E-state index is 12.3. The van der Waals surface area contributed by atoms with Gasteiger partial charge in [0.15, 0.2) is 5.11 Å². The highest BCUT2D eigenvalue weighted by Crippen LogP contribution is 2.20. The number of ether oxygens (including phenoxy) is 1. The lowest BCUT2D eigenvalue weighted by molar-refractivity contribution is 0.0976. The first-order chi connectivity index (χ1) is 12.5. The van der Waals surface area contributed by atoms with Crippen LogP contribution < -0.4 is 15.4 Å². The van der Waals surface area contributed by atoms with E-state index in [2.05, 4.69) is 17.6 Å². The van der Waals surface area contributed by atoms with E-state index in [1.54, 1.807) is 36.4 Å². The summed E-state index contributed by atoms with van der Waals surface area (Å²) in [4.78, 5) is 12.3. The van der Waals surface area contributed by atoms with Gasteiger partial charge in [-0.25, -0.2) is 0 Å². The summed E-state index contributed by atoms with van der Waals surface area (Å²) in [5.74, 6) is 0.364. The molecule has 0 aromatic heterocycles. The molecule has 2 rings (SSSR count). The molecule has 0 unspecified atom stereocenters. The van der Waals surface area contributed by atoms with Crippen molar-refractivity contribution in [1.82, 2.24) is 10.6 Å². The molecule has 4 nitrogen and oxygen atoms in total. The van der Waals surface area contributed by atoms with E-state index in [1.807, 2.05) is 6.07 Å². The fraction of sp³-hybridized carbons (Fsp3) is 0.263. The Morgan fingerprint density at radius 3 is 2.73 bits per heavy atom. The van der Waals surface area contributed by atoms with Crippen LogP contribution in [0.4, 0.5) is 0 Å². The van der Waals surface area contributed by atoms with Crippen LogP contribution >= 0.6 is 35.4 Å². The predicted molar refractivity (Wildman–Crippen MR) is 110 cm³/mol. The minimum atomic E-state index is -0.300. The van der Waals surface area contributed by atoms with E-state index >= 15 is 0 Å². The summed E-state index contributed by atoms with van der Waals surface area (Å²) < 4.78 is 5.62. The molecule has 138 valence electrons. The van der Waals surface area contributed by atoms with Crippen LogP contribution in [-0.4, -0.2) is 17.6 Å². The van der Waals surface area contributed by atoms with Gasteiger partial charge in [-0.05, 0) is 54.5 Å². The van der Waals surface area contributed by atoms with Crippen LogP contribution in [0.15, 0.2) is 42.5 Å². The lowest BCUT2D eigenvalue weighted by Crippen LogP contribution is -2.38. The van der Waals surface area contributed by atoms with Crippen LogP contribution in [0.2, 0.25) is 10.0 Å². The summed E-state index contributed by atoms with van der Waals surface area (Å²) in [6, 6.07) is 12.2. The monoisotopic (exact) mass is 410 g/mol. The first-order valence-corrected chi connectivity index (χ1v) is 9.42. The third kappa shape index (κ3) is 6.48. The molecule has 26 heavy (non-hydrogen) atoms. The van der Waals surface area contributed by atoms with Crippen molar-refractivity contribution in [3.05, 3.63) is 63.6 Å². The zero-order valence-electron chi connectivity index (χ0n) is 14.4. The number of thiocarbonyl (C=S) groups is 1. The predicted octanol–water partition coefficient (Wildman–Crippen LogP) is 4.98. The largest absolute Gasteiger partial charge is 0.494 e. The number of amides is 1. The molecule has 0 spiro atoms. The fourth-order valence-electron chi connectivity index (χ4n) is 2.12. The zero-order valence-corrected chi connectivity index (χ0v) is 16.7. The molecule has 0 atom stereocenters. The number of benzene rings is 2. The molecule has 0 fully saturated rings. The lowest BCUT2D eigenvalue weighted by Gasteiger charge is -2.11. The van der Waals surface area contributed by atoms with Gasteiger partial charge in [0.25, 0.3) is 5.91 Å². The van der Waals surface area contributed by atoms with Gasteiger partial charge >= 0.3 is 0 Å². The van der Waals surface area contributed by atoms with Crippen molar-refractivity contribution < 1.29 is 9.53 Å². The first kappa shape index (κ1) is 20.5. The minimum Gasteiger partial charge on any atom is -0.494 e. The standard InChI is InChI=1S/C19H20Cl2N2O2S/c1-2-3-9-25-16-6-4-5-13(10-16)18(24)23-19(26)22-12-14-7-8-15(20)11-17(14)21/h4-8,10-11H,2-3,9,12H2,1H3,(H2,22,23,24,26). The Morgan fingerprint density at radius 2 is 2.00 bits per heavy atom. The van der Waals surface area contributed by atoms with Gasteiger partial charge in [0.2, 0.25) is 0 Å². The molecule has 7 heteroatoms. The number of nitrogens with one attached hydrogen (secondary N) is 2. The third-order valence-electron chi connectivity index (χ3n) is 3.54. The molecule has 0 aliphatic carbocycles. The van der Waals surface area contributed by atoms with Crippen molar-refractivity contribution in [1.29, 1.82) is 0 Å². The number of hydrogen-bond acceptors (Lipinski definition) is 3. The van der Waals surface area contributed by atoms with E-state index < -0.39 is 0 Å². The average Bonchev–Trinajstić information content (AvgIpc) is 2.61. The Bertz CT molecular complexity index is 784. The van der Waals surface area contributed by atoms with E-state index in [4.69, 9.17) is 40.2 Å². The maximum Gasteiger partial charge on any atom is 0.257 e. The van der Waals surface area contributed by atoms with Crippen LogP contribution in [-0.2, 0) is 6.54 Å². The Kier molecular flexibility index (Phi) is 8.16. The third-order valence-corrected chi connectivity index (χ3v) is 4.38. The lowest BCUT2D eigenvalue weighted by atomic mass is 10.2. The van der Waals surface area contributed by atoms with Crippen LogP contribution in [0.1, 0.15) is 35.7 Å². The van der Waals surface area contributed by atoms with E-state index in [1.165, 1.54) is 0 Å². The number of halogens is 2. The zero-order chi connectivity index (χ0) is 18.9. The molecule has 2 aromatic carbocycles. The molecule has 0 saturated heterocycles. The second kappa shape index (κ2) is 10.4. The van der Waals surface area contributed by atoms with Crippen molar-refractivity contribution in [2.75, 3.05) is 6.61 Å². The second-order valence-electron chi connectivity index (χ2n) is 5.60. The van der Waals surface area contributed by atoms with Gasteiger partial charge in [0.1, 0.15) is 5.75 Å². The summed E-state index contributed by atoms with van der Waals surface area (Å²) in [5.41, 5.74) is 1.31. The summed E-state index contributed by atoms with van der Waals surface area (Å²) in [6.07, 6.45) is 2.02. The van der Waals surface area contributed by atoms with Gasteiger partial charge in [-0.3, -0.25) is 10.1 Å². The number of hydrogen-bond donors (Lipinski definition) is 2. The smallest absolute Gasteiger partial charge is 0.257 e. The van der Waals surface area contributed by atoms with Crippen LogP contribution in [0.25, 0.3) is 0 Å². The molecule has 0 aliphatic rings. The molecular formula is C19H20Cl2N2O2S. The van der Waals surface area contributed by atoms with Gasteiger partial charge in [0.05, 0.1) is 6.61 Å². The van der Waals surface area contributed by atoms with Crippen LogP contribution in [0.3, 0.4) is 0 Å². The van der Waals surface area contributed by atoms with Crippen molar-refractivity contribution in [2.24, 2.45) is 0 Å². The second-order valence-corrected chi connectivity index (χ2v) is 6.85. The number of carbonyl (C=O) groups is 1. The van der Waals surface area contributed by atoms with Gasteiger partial charge in [0, 0.05) is 22.2 Å². The molecule has 0 saturated carbocycles. The number of unbranched alkanes of at least 4 members (excludes halogenated alkanes) is 1. The van der Waals surface area contributed by atoms with Crippen LogP contribution in [0.5, 0.6) is 5.75 Å². The maximum absolute atomic E-state index is 12.3. The molecule has 0 bridgehead atoms. The van der Waals surface area contributed by atoms with Crippen molar-refractivity contribution in [2.45, 2.75) is 26.3 Å². The molecule has 0 radical (unpaired) electrons. The molecule has 2 N–H and O–H groups in total. The topological polar surface area (TPSA) is 50.4 Å². The Balaban J connectivity index is 1.88. The molecule has 0 heterocycles.